The van der Waals surface area contributed by atoms with E-state index in [1.165, 1.54) is 12.8 Å². The Hall–Kier alpha value is -1.59. The van der Waals surface area contributed by atoms with Crippen molar-refractivity contribution in [3.63, 3.8) is 0 Å². The topological polar surface area (TPSA) is 43.3 Å². The number of rotatable bonds is 8. The maximum absolute atomic E-state index is 6.28. The van der Waals surface area contributed by atoms with Crippen LogP contribution >= 0.6 is 0 Å². The van der Waals surface area contributed by atoms with Crippen LogP contribution in [0.2, 0.25) is 0 Å². The zero-order valence-corrected chi connectivity index (χ0v) is 15.2. The fourth-order valence-electron chi connectivity index (χ4n) is 2.75. The summed E-state index contributed by atoms with van der Waals surface area (Å²) < 4.78 is 17.4. The van der Waals surface area contributed by atoms with E-state index >= 15 is 0 Å². The lowest BCUT2D eigenvalue weighted by molar-refractivity contribution is -0.219. The zero-order valence-electron chi connectivity index (χ0n) is 15.2. The summed E-state index contributed by atoms with van der Waals surface area (Å²) in [5, 5.41) is 0. The Morgan fingerprint density at radius 1 is 1.38 bits per heavy atom. The van der Waals surface area contributed by atoms with Gasteiger partial charge in [0.05, 0.1) is 39.0 Å². The summed E-state index contributed by atoms with van der Waals surface area (Å²) in [7, 11) is 3.71. The molecule has 2 aliphatic rings. The van der Waals surface area contributed by atoms with Crippen LogP contribution in [0.4, 0.5) is 5.69 Å². The van der Waals surface area contributed by atoms with Gasteiger partial charge >= 0.3 is 0 Å². The number of ether oxygens (including phenoxy) is 3. The first-order valence-corrected chi connectivity index (χ1v) is 8.73. The quantitative estimate of drug-likeness (QED) is 0.541. The minimum atomic E-state index is -0.360. The molecule has 1 heterocycles. The van der Waals surface area contributed by atoms with Gasteiger partial charge in [0, 0.05) is 25.2 Å². The number of methoxy groups -OCH3 is 1. The van der Waals surface area contributed by atoms with Crippen LogP contribution in [-0.2, 0) is 15.1 Å². The number of hydrogen-bond acceptors (Lipinski definition) is 4. The van der Waals surface area contributed by atoms with Crippen LogP contribution in [0.3, 0.4) is 0 Å². The molecule has 1 saturated carbocycles. The molecule has 1 aromatic rings. The largest absolute Gasteiger partial charge is 0.496 e. The van der Waals surface area contributed by atoms with E-state index in [4.69, 9.17) is 14.2 Å². The van der Waals surface area contributed by atoms with Crippen molar-refractivity contribution in [3.05, 3.63) is 23.3 Å². The molecule has 1 aromatic carbocycles. The van der Waals surface area contributed by atoms with Gasteiger partial charge in [-0.05, 0) is 44.2 Å². The Balaban J connectivity index is 1.86. The summed E-state index contributed by atoms with van der Waals surface area (Å²) in [4.78, 5) is 6.63. The smallest absolute Gasteiger partial charge is 0.143 e. The second-order valence-electron chi connectivity index (χ2n) is 6.90. The molecule has 0 aromatic heterocycles. The average molecular weight is 332 g/mol. The normalized spacial score (nSPS) is 19.3. The van der Waals surface area contributed by atoms with E-state index in [-0.39, 0.29) is 5.60 Å². The number of hydrogen-bond donors (Lipinski definition) is 0. The van der Waals surface area contributed by atoms with E-state index < -0.39 is 0 Å². The molecule has 2 fully saturated rings. The lowest BCUT2D eigenvalue weighted by Gasteiger charge is -2.42. The third-order valence-corrected chi connectivity index (χ3v) is 4.86. The van der Waals surface area contributed by atoms with Crippen molar-refractivity contribution in [1.29, 1.82) is 0 Å². The molecule has 0 bridgehead atoms. The molecule has 1 aliphatic carbocycles. The molecule has 0 N–H and O–H groups in total. The first kappa shape index (κ1) is 17.2. The lowest BCUT2D eigenvalue weighted by Crippen LogP contribution is -2.49. The van der Waals surface area contributed by atoms with Crippen molar-refractivity contribution in [1.82, 2.24) is 4.90 Å². The van der Waals surface area contributed by atoms with Gasteiger partial charge in [-0.1, -0.05) is 0 Å². The van der Waals surface area contributed by atoms with Crippen LogP contribution in [0.1, 0.15) is 30.9 Å². The minimum absolute atomic E-state index is 0.360. The van der Waals surface area contributed by atoms with E-state index in [0.717, 1.165) is 41.6 Å². The van der Waals surface area contributed by atoms with Crippen molar-refractivity contribution >= 4 is 12.0 Å². The number of nitrogens with zero attached hydrogens (tertiary/aromatic N) is 2. The fourth-order valence-corrected chi connectivity index (χ4v) is 2.75. The maximum Gasteiger partial charge on any atom is 0.143 e. The van der Waals surface area contributed by atoms with Gasteiger partial charge in [-0.3, -0.25) is 0 Å². The predicted octanol–water partition coefficient (Wildman–Crippen LogP) is 3.27. The van der Waals surface area contributed by atoms with Gasteiger partial charge in [0.1, 0.15) is 11.4 Å². The van der Waals surface area contributed by atoms with E-state index in [1.54, 1.807) is 7.11 Å². The van der Waals surface area contributed by atoms with Crippen LogP contribution < -0.4 is 4.74 Å². The van der Waals surface area contributed by atoms with Crippen LogP contribution in [0.25, 0.3) is 0 Å². The second kappa shape index (κ2) is 7.11. The van der Waals surface area contributed by atoms with E-state index in [2.05, 4.69) is 24.9 Å². The highest BCUT2D eigenvalue weighted by Gasteiger charge is 2.45. The van der Waals surface area contributed by atoms with Gasteiger partial charge < -0.3 is 19.1 Å². The summed E-state index contributed by atoms with van der Waals surface area (Å²) in [6.45, 7) is 7.10. The molecule has 132 valence electrons. The molecule has 1 saturated heterocycles. The van der Waals surface area contributed by atoms with Crippen molar-refractivity contribution in [2.45, 2.75) is 32.3 Å². The molecule has 0 radical (unpaired) electrons. The Kier molecular flexibility index (Phi) is 5.11. The molecular formula is C19H28N2O3. The maximum atomic E-state index is 6.28. The standard InChI is InChI=1S/C19H28N2O3/c1-5-21(3)13-20-17-9-18(22-4)16(8-14(17)2)19(11-23-12-19)24-10-15-6-7-15/h8-9,13,15H,5-7,10-12H2,1-4H3. The Bertz CT molecular complexity index is 607. The summed E-state index contributed by atoms with van der Waals surface area (Å²) >= 11 is 0. The van der Waals surface area contributed by atoms with Crippen LogP contribution in [0, 0.1) is 12.8 Å². The SMILES string of the molecule is CCN(C)C=Nc1cc(OC)c(C2(OCC3CC3)COC2)cc1C. The van der Waals surface area contributed by atoms with Crippen molar-refractivity contribution < 1.29 is 14.2 Å². The van der Waals surface area contributed by atoms with Gasteiger partial charge in [0.15, 0.2) is 0 Å². The molecule has 24 heavy (non-hydrogen) atoms. The molecular weight excluding hydrogens is 304 g/mol. The Morgan fingerprint density at radius 2 is 2.12 bits per heavy atom. The average Bonchev–Trinajstić information content (AvgIpc) is 3.37. The lowest BCUT2D eigenvalue weighted by atomic mass is 9.89. The minimum Gasteiger partial charge on any atom is -0.496 e. The first-order chi connectivity index (χ1) is 11.6. The highest BCUT2D eigenvalue weighted by atomic mass is 16.6. The van der Waals surface area contributed by atoms with E-state index in [1.807, 2.05) is 24.4 Å². The summed E-state index contributed by atoms with van der Waals surface area (Å²) in [6, 6.07) is 4.15. The number of aliphatic imine (C=N–C) groups is 1. The summed E-state index contributed by atoms with van der Waals surface area (Å²) in [6.07, 6.45) is 4.42. The van der Waals surface area contributed by atoms with Crippen LogP contribution in [-0.4, -0.2) is 51.8 Å². The van der Waals surface area contributed by atoms with Gasteiger partial charge in [-0.25, -0.2) is 4.99 Å². The second-order valence-corrected chi connectivity index (χ2v) is 6.90. The van der Waals surface area contributed by atoms with E-state index in [9.17, 15) is 0 Å². The number of aryl methyl sites for hydroxylation is 1. The van der Waals surface area contributed by atoms with Gasteiger partial charge in [0.25, 0.3) is 0 Å². The molecule has 5 heteroatoms. The zero-order chi connectivity index (χ0) is 17.2. The van der Waals surface area contributed by atoms with Gasteiger partial charge in [-0.2, -0.15) is 0 Å². The third kappa shape index (κ3) is 3.57. The fraction of sp³-hybridized carbons (Fsp3) is 0.632. The highest BCUT2D eigenvalue weighted by molar-refractivity contribution is 5.65. The number of benzene rings is 1. The molecule has 5 nitrogen and oxygen atoms in total. The molecule has 3 rings (SSSR count). The Labute approximate surface area is 144 Å². The van der Waals surface area contributed by atoms with Crippen LogP contribution in [0.15, 0.2) is 17.1 Å². The third-order valence-electron chi connectivity index (χ3n) is 4.86. The van der Waals surface area contributed by atoms with E-state index in [0.29, 0.717) is 13.2 Å². The highest BCUT2D eigenvalue weighted by Crippen LogP contribution is 2.43. The molecule has 0 atom stereocenters. The molecule has 0 spiro atoms. The monoisotopic (exact) mass is 332 g/mol. The predicted molar refractivity (Wildman–Crippen MR) is 95.4 cm³/mol. The van der Waals surface area contributed by atoms with Gasteiger partial charge in [-0.15, -0.1) is 0 Å². The Morgan fingerprint density at radius 3 is 2.67 bits per heavy atom. The van der Waals surface area contributed by atoms with Crippen LogP contribution in [0.5, 0.6) is 5.75 Å². The molecule has 1 aliphatic heterocycles. The van der Waals surface area contributed by atoms with Crippen molar-refractivity contribution in [2.75, 3.05) is 40.5 Å². The first-order valence-electron chi connectivity index (χ1n) is 8.73. The summed E-state index contributed by atoms with van der Waals surface area (Å²) in [5.41, 5.74) is 2.76. The molecule has 0 unspecified atom stereocenters. The van der Waals surface area contributed by atoms with Gasteiger partial charge in [0.2, 0.25) is 0 Å². The molecule has 0 amide bonds. The van der Waals surface area contributed by atoms with Crippen molar-refractivity contribution in [3.8, 4) is 5.75 Å². The summed E-state index contributed by atoms with van der Waals surface area (Å²) in [5.74, 6) is 1.55. The van der Waals surface area contributed by atoms with Crippen molar-refractivity contribution in [2.24, 2.45) is 10.9 Å².